The number of amides is 1. The predicted octanol–water partition coefficient (Wildman–Crippen LogP) is 3.35. The van der Waals surface area contributed by atoms with Gasteiger partial charge in [-0.2, -0.15) is 0 Å². The van der Waals surface area contributed by atoms with Gasteiger partial charge in [0.2, 0.25) is 0 Å². The second-order valence-electron chi connectivity index (χ2n) is 6.56. The Bertz CT molecular complexity index is 817. The number of halogens is 2. The van der Waals surface area contributed by atoms with Crippen molar-refractivity contribution in [3.8, 4) is 0 Å². The van der Waals surface area contributed by atoms with Crippen molar-refractivity contribution >= 4 is 5.91 Å². The molecule has 25 heavy (non-hydrogen) atoms. The Kier molecular flexibility index (Phi) is 4.03. The van der Waals surface area contributed by atoms with E-state index in [-0.39, 0.29) is 12.5 Å². The van der Waals surface area contributed by atoms with Gasteiger partial charge < -0.3 is 14.2 Å². The van der Waals surface area contributed by atoms with Crippen LogP contribution in [0.2, 0.25) is 0 Å². The molecule has 1 amide bonds. The van der Waals surface area contributed by atoms with Gasteiger partial charge in [0.1, 0.15) is 17.4 Å². The summed E-state index contributed by atoms with van der Waals surface area (Å²) >= 11 is 0. The minimum Gasteiger partial charge on any atom is -0.370 e. The van der Waals surface area contributed by atoms with Crippen LogP contribution >= 0.6 is 0 Å². The topological polar surface area (TPSA) is 55.6 Å². The van der Waals surface area contributed by atoms with Crippen LogP contribution in [0.5, 0.6) is 0 Å². The molecule has 2 aromatic rings. The quantitative estimate of drug-likeness (QED) is 0.854. The number of carbonyl (C=O) groups excluding carboxylic acids is 1. The van der Waals surface area contributed by atoms with Crippen molar-refractivity contribution in [2.24, 2.45) is 0 Å². The van der Waals surface area contributed by atoms with Crippen molar-refractivity contribution in [2.45, 2.75) is 31.8 Å². The van der Waals surface area contributed by atoms with E-state index in [0.29, 0.717) is 36.0 Å². The highest BCUT2D eigenvalue weighted by Crippen LogP contribution is 2.42. The second-order valence-corrected chi connectivity index (χ2v) is 6.56. The van der Waals surface area contributed by atoms with Gasteiger partial charge in [0, 0.05) is 12.5 Å². The molecule has 2 fully saturated rings. The Morgan fingerprint density at radius 1 is 1.28 bits per heavy atom. The average Bonchev–Trinajstić information content (AvgIpc) is 3.39. The maximum absolute atomic E-state index is 13.5. The summed E-state index contributed by atoms with van der Waals surface area (Å²) in [6.07, 6.45) is 1.55. The van der Waals surface area contributed by atoms with Gasteiger partial charge in [-0.05, 0) is 37.5 Å². The molecule has 0 bridgehead atoms. The molecule has 1 unspecified atom stereocenters. The molecule has 0 spiro atoms. The van der Waals surface area contributed by atoms with E-state index in [4.69, 9.17) is 9.26 Å². The molecule has 0 radical (unpaired) electrons. The average molecular weight is 348 g/mol. The Labute approximate surface area is 143 Å². The number of aryl methyl sites for hydroxylation is 1. The first-order valence-electron chi connectivity index (χ1n) is 8.36. The highest BCUT2D eigenvalue weighted by Gasteiger charge is 2.36. The minimum absolute atomic E-state index is 0.142. The van der Waals surface area contributed by atoms with Crippen LogP contribution < -0.4 is 0 Å². The zero-order valence-electron chi connectivity index (χ0n) is 13.8. The number of ether oxygens (including phenoxy) is 1. The second kappa shape index (κ2) is 6.22. The molecule has 2 aliphatic rings. The molecule has 0 N–H and O–H groups in total. The molecule has 5 nitrogen and oxygen atoms in total. The first kappa shape index (κ1) is 16.2. The largest absolute Gasteiger partial charge is 0.370 e. The van der Waals surface area contributed by atoms with E-state index in [1.807, 2.05) is 0 Å². The number of benzene rings is 1. The Morgan fingerprint density at radius 2 is 2.08 bits per heavy atom. The third-order valence-electron chi connectivity index (χ3n) is 4.74. The van der Waals surface area contributed by atoms with E-state index in [1.54, 1.807) is 11.8 Å². The van der Waals surface area contributed by atoms with E-state index in [0.717, 1.165) is 30.7 Å². The highest BCUT2D eigenvalue weighted by atomic mass is 19.2. The number of hydrogen-bond donors (Lipinski definition) is 0. The summed E-state index contributed by atoms with van der Waals surface area (Å²) in [5.74, 6) is -1.14. The summed E-state index contributed by atoms with van der Waals surface area (Å²) in [5.41, 5.74) is 1.78. The van der Waals surface area contributed by atoms with Gasteiger partial charge in [-0.15, -0.1) is 0 Å². The summed E-state index contributed by atoms with van der Waals surface area (Å²) in [7, 11) is 0. The highest BCUT2D eigenvalue weighted by molar-refractivity contribution is 5.96. The smallest absolute Gasteiger partial charge is 0.259 e. The molecule has 2 heterocycles. The number of hydrogen-bond acceptors (Lipinski definition) is 4. The monoisotopic (exact) mass is 348 g/mol. The summed E-state index contributed by atoms with van der Waals surface area (Å²) in [4.78, 5) is 14.6. The van der Waals surface area contributed by atoms with Crippen LogP contribution in [0, 0.1) is 18.6 Å². The lowest BCUT2D eigenvalue weighted by Crippen LogP contribution is -2.42. The van der Waals surface area contributed by atoms with Crippen molar-refractivity contribution in [2.75, 3.05) is 19.7 Å². The van der Waals surface area contributed by atoms with Gasteiger partial charge in [-0.1, -0.05) is 11.2 Å². The van der Waals surface area contributed by atoms with E-state index >= 15 is 0 Å². The normalized spacial score (nSPS) is 20.8. The Hall–Kier alpha value is -2.28. The van der Waals surface area contributed by atoms with Crippen LogP contribution in [0.15, 0.2) is 22.7 Å². The summed E-state index contributed by atoms with van der Waals surface area (Å²) in [5, 5.41) is 4.05. The van der Waals surface area contributed by atoms with Crippen molar-refractivity contribution in [1.82, 2.24) is 10.1 Å². The molecule has 1 aliphatic carbocycles. The molecule has 1 atom stereocenters. The molecular weight excluding hydrogens is 330 g/mol. The van der Waals surface area contributed by atoms with E-state index < -0.39 is 17.7 Å². The standard InChI is InChI=1S/C18H18F2N2O3/c1-10-16(17(21-25-10)11-2-3-11)18(23)22-6-7-24-15(9-22)12-4-5-13(19)14(20)8-12/h4-5,8,11,15H,2-3,6-7,9H2,1H3. The van der Waals surface area contributed by atoms with Crippen molar-refractivity contribution < 1.29 is 22.8 Å². The van der Waals surface area contributed by atoms with Gasteiger partial charge >= 0.3 is 0 Å². The van der Waals surface area contributed by atoms with Crippen LogP contribution in [0.25, 0.3) is 0 Å². The SMILES string of the molecule is Cc1onc(C2CC2)c1C(=O)N1CCOC(c2ccc(F)c(F)c2)C1. The van der Waals surface area contributed by atoms with Gasteiger partial charge in [-0.25, -0.2) is 8.78 Å². The lowest BCUT2D eigenvalue weighted by atomic mass is 10.1. The van der Waals surface area contributed by atoms with Crippen LogP contribution in [-0.2, 0) is 4.74 Å². The Morgan fingerprint density at radius 3 is 2.80 bits per heavy atom. The number of morpholine rings is 1. The molecule has 1 aromatic carbocycles. The maximum atomic E-state index is 13.5. The van der Waals surface area contributed by atoms with E-state index in [9.17, 15) is 13.6 Å². The zero-order chi connectivity index (χ0) is 17.6. The van der Waals surface area contributed by atoms with Gasteiger partial charge in [0.05, 0.1) is 18.8 Å². The van der Waals surface area contributed by atoms with Crippen LogP contribution in [0.4, 0.5) is 8.78 Å². The van der Waals surface area contributed by atoms with Crippen molar-refractivity contribution in [3.05, 3.63) is 52.4 Å². The zero-order valence-corrected chi connectivity index (χ0v) is 13.8. The lowest BCUT2D eigenvalue weighted by molar-refractivity contribution is -0.0230. The summed E-state index contributed by atoms with van der Waals surface area (Å²) in [6, 6.07) is 3.68. The fraction of sp³-hybridized carbons (Fsp3) is 0.444. The third kappa shape index (κ3) is 3.04. The molecule has 1 saturated heterocycles. The first-order valence-corrected chi connectivity index (χ1v) is 8.36. The van der Waals surface area contributed by atoms with Gasteiger partial charge in [0.15, 0.2) is 11.6 Å². The maximum Gasteiger partial charge on any atom is 0.259 e. The van der Waals surface area contributed by atoms with Crippen molar-refractivity contribution in [1.29, 1.82) is 0 Å². The van der Waals surface area contributed by atoms with Gasteiger partial charge in [-0.3, -0.25) is 4.79 Å². The molecule has 1 saturated carbocycles. The molecule has 132 valence electrons. The summed E-state index contributed by atoms with van der Waals surface area (Å²) in [6.45, 7) is 2.78. The van der Waals surface area contributed by atoms with E-state index in [2.05, 4.69) is 5.16 Å². The molecule has 1 aromatic heterocycles. The van der Waals surface area contributed by atoms with Crippen molar-refractivity contribution in [3.63, 3.8) is 0 Å². The first-order chi connectivity index (χ1) is 12.0. The van der Waals surface area contributed by atoms with Crippen LogP contribution in [-0.4, -0.2) is 35.7 Å². The fourth-order valence-electron chi connectivity index (χ4n) is 3.19. The molecule has 7 heteroatoms. The van der Waals surface area contributed by atoms with Crippen LogP contribution in [0.3, 0.4) is 0 Å². The molecule has 1 aliphatic heterocycles. The third-order valence-corrected chi connectivity index (χ3v) is 4.74. The number of nitrogens with zero attached hydrogens (tertiary/aromatic N) is 2. The Balaban J connectivity index is 1.56. The number of aromatic nitrogens is 1. The predicted molar refractivity (Wildman–Crippen MR) is 84.2 cm³/mol. The molecular formula is C18H18F2N2O3. The van der Waals surface area contributed by atoms with E-state index in [1.165, 1.54) is 6.07 Å². The lowest BCUT2D eigenvalue weighted by Gasteiger charge is -2.33. The number of carbonyl (C=O) groups is 1. The van der Waals surface area contributed by atoms with Gasteiger partial charge in [0.25, 0.3) is 5.91 Å². The summed E-state index contributed by atoms with van der Waals surface area (Å²) < 4.78 is 37.5. The number of rotatable bonds is 3. The molecule has 4 rings (SSSR count). The van der Waals surface area contributed by atoms with Crippen LogP contribution in [0.1, 0.15) is 52.2 Å². The fourth-order valence-corrected chi connectivity index (χ4v) is 3.19. The minimum atomic E-state index is -0.921.